The Balaban J connectivity index is 1.71. The van der Waals surface area contributed by atoms with Crippen LogP contribution in [0.3, 0.4) is 0 Å². The summed E-state index contributed by atoms with van der Waals surface area (Å²) in [4.78, 5) is 8.42. The van der Waals surface area contributed by atoms with Crippen LogP contribution in [0.15, 0.2) is 42.7 Å². The molecule has 6 heteroatoms. The highest BCUT2D eigenvalue weighted by molar-refractivity contribution is 6.61. The van der Waals surface area contributed by atoms with Crippen LogP contribution < -0.4 is 10.3 Å². The Labute approximate surface area is 137 Å². The van der Waals surface area contributed by atoms with Crippen molar-refractivity contribution in [1.82, 2.24) is 9.97 Å². The van der Waals surface area contributed by atoms with Gasteiger partial charge in [0.15, 0.2) is 0 Å². The van der Waals surface area contributed by atoms with E-state index >= 15 is 0 Å². The molecular weight excluding hydrogens is 291 g/mol. The summed E-state index contributed by atoms with van der Waals surface area (Å²) in [6.07, 6.45) is 1.47. The maximum atomic E-state index is 6.00. The molecule has 0 amide bonds. The van der Waals surface area contributed by atoms with Crippen LogP contribution in [0.2, 0.25) is 0 Å². The fraction of sp³-hybridized carbons (Fsp3) is 0.412. The summed E-state index contributed by atoms with van der Waals surface area (Å²) in [7, 11) is -0.512. The SMILES string of the molecule is CC1(C)OB(c2cc(OCc3ccccc3)ncn2)OC1(C)C. The second-order valence-electron chi connectivity index (χ2n) is 6.64. The van der Waals surface area contributed by atoms with E-state index in [-0.39, 0.29) is 0 Å². The van der Waals surface area contributed by atoms with Gasteiger partial charge in [-0.05, 0) is 33.3 Å². The maximum absolute atomic E-state index is 6.00. The van der Waals surface area contributed by atoms with Gasteiger partial charge < -0.3 is 14.0 Å². The van der Waals surface area contributed by atoms with Crippen LogP contribution in [0.4, 0.5) is 0 Å². The number of aromatic nitrogens is 2. The van der Waals surface area contributed by atoms with Gasteiger partial charge in [0.2, 0.25) is 5.88 Å². The average Bonchev–Trinajstić information content (AvgIpc) is 2.75. The van der Waals surface area contributed by atoms with Crippen molar-refractivity contribution < 1.29 is 14.0 Å². The quantitative estimate of drug-likeness (QED) is 0.811. The third-order valence-corrected chi connectivity index (χ3v) is 4.39. The van der Waals surface area contributed by atoms with Crippen LogP contribution in [-0.2, 0) is 15.9 Å². The zero-order chi connectivity index (χ0) is 16.5. The zero-order valence-corrected chi connectivity index (χ0v) is 13.9. The largest absolute Gasteiger partial charge is 0.514 e. The molecule has 1 aromatic heterocycles. The lowest BCUT2D eigenvalue weighted by Gasteiger charge is -2.32. The van der Waals surface area contributed by atoms with Gasteiger partial charge in [-0.1, -0.05) is 30.3 Å². The highest BCUT2D eigenvalue weighted by atomic mass is 16.7. The molecule has 1 fully saturated rings. The van der Waals surface area contributed by atoms with E-state index in [2.05, 4.69) is 9.97 Å². The van der Waals surface area contributed by atoms with Crippen molar-refractivity contribution in [2.24, 2.45) is 0 Å². The first-order valence-corrected chi connectivity index (χ1v) is 7.72. The molecular formula is C17H21BN2O3. The zero-order valence-electron chi connectivity index (χ0n) is 13.9. The van der Waals surface area contributed by atoms with Gasteiger partial charge in [0.1, 0.15) is 12.9 Å². The van der Waals surface area contributed by atoms with E-state index in [1.165, 1.54) is 6.33 Å². The molecule has 0 atom stereocenters. The summed E-state index contributed by atoms with van der Waals surface area (Å²) in [5.74, 6) is 0.508. The summed E-state index contributed by atoms with van der Waals surface area (Å²) in [6, 6.07) is 11.7. The minimum Gasteiger partial charge on any atom is -0.473 e. The van der Waals surface area contributed by atoms with Crippen LogP contribution in [0, 0.1) is 0 Å². The summed E-state index contributed by atoms with van der Waals surface area (Å²) in [6.45, 7) is 8.52. The second-order valence-corrected chi connectivity index (χ2v) is 6.64. The van der Waals surface area contributed by atoms with Crippen molar-refractivity contribution in [1.29, 1.82) is 0 Å². The molecule has 23 heavy (non-hydrogen) atoms. The first-order chi connectivity index (χ1) is 10.9. The molecule has 2 aromatic rings. The van der Waals surface area contributed by atoms with Gasteiger partial charge in [-0.25, -0.2) is 9.97 Å². The number of benzene rings is 1. The van der Waals surface area contributed by atoms with Crippen molar-refractivity contribution in [3.8, 4) is 5.88 Å². The van der Waals surface area contributed by atoms with Crippen molar-refractivity contribution in [2.45, 2.75) is 45.5 Å². The van der Waals surface area contributed by atoms with Crippen LogP contribution in [-0.4, -0.2) is 28.3 Å². The molecule has 1 aromatic carbocycles. The molecule has 5 nitrogen and oxygen atoms in total. The Hall–Kier alpha value is -1.92. The highest BCUT2D eigenvalue weighted by Gasteiger charge is 2.52. The molecule has 1 aliphatic heterocycles. The third-order valence-electron chi connectivity index (χ3n) is 4.39. The van der Waals surface area contributed by atoms with Gasteiger partial charge in [0.25, 0.3) is 0 Å². The van der Waals surface area contributed by atoms with E-state index < -0.39 is 18.3 Å². The van der Waals surface area contributed by atoms with Crippen LogP contribution >= 0.6 is 0 Å². The summed E-state index contributed by atoms with van der Waals surface area (Å²) in [5, 5.41) is 0. The molecule has 0 radical (unpaired) electrons. The van der Waals surface area contributed by atoms with E-state index in [0.29, 0.717) is 18.1 Å². The fourth-order valence-corrected chi connectivity index (χ4v) is 2.26. The van der Waals surface area contributed by atoms with E-state index in [0.717, 1.165) is 5.56 Å². The topological polar surface area (TPSA) is 53.5 Å². The first-order valence-electron chi connectivity index (χ1n) is 7.72. The lowest BCUT2D eigenvalue weighted by molar-refractivity contribution is 0.00578. The normalized spacial score (nSPS) is 18.9. The number of hydrogen-bond donors (Lipinski definition) is 0. The summed E-state index contributed by atoms with van der Waals surface area (Å²) in [5.41, 5.74) is 0.964. The Kier molecular flexibility index (Phi) is 4.12. The third kappa shape index (κ3) is 3.38. The van der Waals surface area contributed by atoms with Gasteiger partial charge in [-0.2, -0.15) is 0 Å². The predicted molar refractivity (Wildman–Crippen MR) is 88.5 cm³/mol. The molecule has 0 aliphatic carbocycles. The van der Waals surface area contributed by atoms with Gasteiger partial charge >= 0.3 is 7.12 Å². The molecule has 1 aliphatic rings. The van der Waals surface area contributed by atoms with E-state index in [1.807, 2.05) is 58.0 Å². The minimum absolute atomic E-state index is 0.395. The Morgan fingerprint density at radius 3 is 2.30 bits per heavy atom. The first kappa shape index (κ1) is 16.0. The standard InChI is InChI=1S/C17H21BN2O3/c1-16(2)17(3,4)23-18(22-16)14-10-15(20-12-19-14)21-11-13-8-6-5-7-9-13/h5-10,12H,11H2,1-4H3. The smallest absolute Gasteiger partial charge is 0.473 e. The summed E-state index contributed by atoms with van der Waals surface area (Å²) < 4.78 is 17.7. The molecule has 0 saturated carbocycles. The number of hydrogen-bond acceptors (Lipinski definition) is 5. The molecule has 1 saturated heterocycles. The number of rotatable bonds is 4. The van der Waals surface area contributed by atoms with Crippen LogP contribution in [0.1, 0.15) is 33.3 Å². The Bertz CT molecular complexity index is 661. The van der Waals surface area contributed by atoms with E-state index in [4.69, 9.17) is 14.0 Å². The fourth-order valence-electron chi connectivity index (χ4n) is 2.26. The molecule has 0 bridgehead atoms. The average molecular weight is 312 g/mol. The second kappa shape index (κ2) is 5.94. The van der Waals surface area contributed by atoms with Gasteiger partial charge in [-0.15, -0.1) is 0 Å². The minimum atomic E-state index is -0.512. The van der Waals surface area contributed by atoms with Gasteiger partial charge in [0, 0.05) is 6.07 Å². The van der Waals surface area contributed by atoms with E-state index in [1.54, 1.807) is 6.07 Å². The molecule has 120 valence electrons. The van der Waals surface area contributed by atoms with Crippen LogP contribution in [0.5, 0.6) is 5.88 Å². The highest BCUT2D eigenvalue weighted by Crippen LogP contribution is 2.36. The van der Waals surface area contributed by atoms with E-state index in [9.17, 15) is 0 Å². The molecule has 2 heterocycles. The lowest BCUT2D eigenvalue weighted by Crippen LogP contribution is -2.41. The molecule has 0 unspecified atom stereocenters. The lowest BCUT2D eigenvalue weighted by atomic mass is 9.84. The van der Waals surface area contributed by atoms with Gasteiger partial charge in [-0.3, -0.25) is 0 Å². The monoisotopic (exact) mass is 312 g/mol. The van der Waals surface area contributed by atoms with Gasteiger partial charge in [0.05, 0.1) is 16.8 Å². The maximum Gasteiger partial charge on any atom is 0.514 e. The summed E-state index contributed by atoms with van der Waals surface area (Å²) >= 11 is 0. The molecule has 3 rings (SSSR count). The van der Waals surface area contributed by atoms with Crippen molar-refractivity contribution in [3.05, 3.63) is 48.3 Å². The number of nitrogens with zero attached hydrogens (tertiary/aromatic N) is 2. The Morgan fingerprint density at radius 2 is 1.65 bits per heavy atom. The molecule has 0 spiro atoms. The van der Waals surface area contributed by atoms with Crippen molar-refractivity contribution in [2.75, 3.05) is 0 Å². The van der Waals surface area contributed by atoms with Crippen molar-refractivity contribution >= 4 is 12.7 Å². The predicted octanol–water partition coefficient (Wildman–Crippen LogP) is 2.35. The van der Waals surface area contributed by atoms with Crippen LogP contribution in [0.25, 0.3) is 0 Å². The molecule has 0 N–H and O–H groups in total. The van der Waals surface area contributed by atoms with Crippen molar-refractivity contribution in [3.63, 3.8) is 0 Å². The Morgan fingerprint density at radius 1 is 1.00 bits per heavy atom. The number of ether oxygens (including phenoxy) is 1.